The van der Waals surface area contributed by atoms with Gasteiger partial charge in [-0.3, -0.25) is 0 Å². The van der Waals surface area contributed by atoms with Crippen LogP contribution < -0.4 is 0 Å². The lowest BCUT2D eigenvalue weighted by molar-refractivity contribution is 0.246. The minimum atomic E-state index is 0.906. The summed E-state index contributed by atoms with van der Waals surface area (Å²) in [6.07, 6.45) is 15.6. The molecule has 0 aromatic rings. The Balaban J connectivity index is 1.79. The first-order valence-electron chi connectivity index (χ1n) is 4.96. The Bertz CT molecular complexity index is 308. The molecular formula is C12H14O2. The SMILES string of the molecule is C1=CCCC(CCC2=COC=CO2)=C1. The minimum absolute atomic E-state index is 0.906. The summed E-state index contributed by atoms with van der Waals surface area (Å²) in [5.74, 6) is 0.906. The van der Waals surface area contributed by atoms with E-state index < -0.39 is 0 Å². The second-order valence-corrected chi connectivity index (χ2v) is 3.40. The van der Waals surface area contributed by atoms with E-state index in [1.54, 1.807) is 12.5 Å². The molecule has 2 nitrogen and oxygen atoms in total. The molecule has 2 aliphatic rings. The third-order valence-corrected chi connectivity index (χ3v) is 2.35. The molecule has 2 heteroatoms. The summed E-state index contributed by atoms with van der Waals surface area (Å²) in [4.78, 5) is 0. The second-order valence-electron chi connectivity index (χ2n) is 3.40. The van der Waals surface area contributed by atoms with Crippen LogP contribution in [-0.4, -0.2) is 0 Å². The van der Waals surface area contributed by atoms with Crippen molar-refractivity contribution in [3.63, 3.8) is 0 Å². The molecule has 0 fully saturated rings. The molecule has 0 unspecified atom stereocenters. The van der Waals surface area contributed by atoms with E-state index in [0.717, 1.165) is 18.6 Å². The fourth-order valence-electron chi connectivity index (χ4n) is 1.55. The van der Waals surface area contributed by atoms with Gasteiger partial charge in [-0.05, 0) is 19.3 Å². The van der Waals surface area contributed by atoms with Crippen LogP contribution in [0.3, 0.4) is 0 Å². The van der Waals surface area contributed by atoms with E-state index in [0.29, 0.717) is 0 Å². The molecule has 1 heterocycles. The minimum Gasteiger partial charge on any atom is -0.466 e. The highest BCUT2D eigenvalue weighted by molar-refractivity contribution is 5.18. The van der Waals surface area contributed by atoms with Gasteiger partial charge in [0, 0.05) is 6.42 Å². The number of allylic oxidation sites excluding steroid dienone is 5. The fraction of sp³-hybridized carbons (Fsp3) is 0.333. The molecule has 74 valence electrons. The largest absolute Gasteiger partial charge is 0.466 e. The van der Waals surface area contributed by atoms with Gasteiger partial charge in [0.15, 0.2) is 0 Å². The maximum atomic E-state index is 5.28. The lowest BCUT2D eigenvalue weighted by Gasteiger charge is -2.12. The second kappa shape index (κ2) is 4.70. The van der Waals surface area contributed by atoms with Crippen molar-refractivity contribution in [3.05, 3.63) is 48.3 Å². The Morgan fingerprint density at radius 3 is 2.93 bits per heavy atom. The summed E-state index contributed by atoms with van der Waals surface area (Å²) >= 11 is 0. The molecule has 0 aromatic carbocycles. The summed E-state index contributed by atoms with van der Waals surface area (Å²) in [6.45, 7) is 0. The van der Waals surface area contributed by atoms with E-state index in [9.17, 15) is 0 Å². The molecule has 0 amide bonds. The maximum absolute atomic E-state index is 5.28. The molecule has 0 spiro atoms. The highest BCUT2D eigenvalue weighted by Crippen LogP contribution is 2.21. The number of hydrogen-bond acceptors (Lipinski definition) is 2. The van der Waals surface area contributed by atoms with Gasteiger partial charge in [0.1, 0.15) is 24.5 Å². The molecule has 0 atom stereocenters. The summed E-state index contributed by atoms with van der Waals surface area (Å²) in [6, 6.07) is 0. The highest BCUT2D eigenvalue weighted by atomic mass is 16.5. The molecule has 0 radical (unpaired) electrons. The van der Waals surface area contributed by atoms with E-state index in [-0.39, 0.29) is 0 Å². The number of hydrogen-bond donors (Lipinski definition) is 0. The normalized spacial score (nSPS) is 19.4. The summed E-state index contributed by atoms with van der Waals surface area (Å²) in [7, 11) is 0. The van der Waals surface area contributed by atoms with Crippen LogP contribution in [-0.2, 0) is 9.47 Å². The van der Waals surface area contributed by atoms with Crippen LogP contribution in [0.1, 0.15) is 25.7 Å². The van der Waals surface area contributed by atoms with Crippen molar-refractivity contribution in [2.75, 3.05) is 0 Å². The first-order valence-corrected chi connectivity index (χ1v) is 4.96. The van der Waals surface area contributed by atoms with Crippen LogP contribution >= 0.6 is 0 Å². The molecular weight excluding hydrogens is 176 g/mol. The van der Waals surface area contributed by atoms with E-state index >= 15 is 0 Å². The maximum Gasteiger partial charge on any atom is 0.139 e. The van der Waals surface area contributed by atoms with Gasteiger partial charge in [0.25, 0.3) is 0 Å². The van der Waals surface area contributed by atoms with Crippen molar-refractivity contribution < 1.29 is 9.47 Å². The first kappa shape index (κ1) is 9.13. The van der Waals surface area contributed by atoms with Crippen molar-refractivity contribution in [1.82, 2.24) is 0 Å². The zero-order valence-corrected chi connectivity index (χ0v) is 8.11. The molecule has 2 rings (SSSR count). The van der Waals surface area contributed by atoms with E-state index in [1.165, 1.54) is 24.7 Å². The molecule has 14 heavy (non-hydrogen) atoms. The van der Waals surface area contributed by atoms with Crippen molar-refractivity contribution in [3.8, 4) is 0 Å². The van der Waals surface area contributed by atoms with Gasteiger partial charge < -0.3 is 9.47 Å². The average Bonchev–Trinajstić information content (AvgIpc) is 2.29. The molecule has 0 aromatic heterocycles. The topological polar surface area (TPSA) is 18.5 Å². The van der Waals surface area contributed by atoms with Crippen molar-refractivity contribution in [2.24, 2.45) is 0 Å². The van der Waals surface area contributed by atoms with Crippen LogP contribution in [0, 0.1) is 0 Å². The Morgan fingerprint density at radius 2 is 2.21 bits per heavy atom. The molecule has 0 saturated carbocycles. The van der Waals surface area contributed by atoms with E-state index in [2.05, 4.69) is 18.2 Å². The predicted molar refractivity (Wildman–Crippen MR) is 55.1 cm³/mol. The van der Waals surface area contributed by atoms with Crippen molar-refractivity contribution in [2.45, 2.75) is 25.7 Å². The van der Waals surface area contributed by atoms with Crippen molar-refractivity contribution in [1.29, 1.82) is 0 Å². The smallest absolute Gasteiger partial charge is 0.139 e. The number of rotatable bonds is 3. The molecule has 0 saturated heterocycles. The van der Waals surface area contributed by atoms with Crippen LogP contribution in [0.15, 0.2) is 48.3 Å². The molecule has 1 aliphatic heterocycles. The van der Waals surface area contributed by atoms with Gasteiger partial charge >= 0.3 is 0 Å². The Kier molecular flexibility index (Phi) is 3.06. The first-order chi connectivity index (χ1) is 6.95. The van der Waals surface area contributed by atoms with Gasteiger partial charge in [-0.15, -0.1) is 0 Å². The third kappa shape index (κ3) is 2.52. The fourth-order valence-corrected chi connectivity index (χ4v) is 1.55. The summed E-state index contributed by atoms with van der Waals surface area (Å²) < 4.78 is 10.3. The van der Waals surface area contributed by atoms with E-state index in [4.69, 9.17) is 9.47 Å². The van der Waals surface area contributed by atoms with Gasteiger partial charge in [0.2, 0.25) is 0 Å². The summed E-state index contributed by atoms with van der Waals surface area (Å²) in [5, 5.41) is 0. The van der Waals surface area contributed by atoms with Gasteiger partial charge in [0.05, 0.1) is 0 Å². The van der Waals surface area contributed by atoms with Gasteiger partial charge in [-0.25, -0.2) is 0 Å². The molecule has 0 N–H and O–H groups in total. The van der Waals surface area contributed by atoms with Crippen LogP contribution in [0.25, 0.3) is 0 Å². The quantitative estimate of drug-likeness (QED) is 0.679. The average molecular weight is 190 g/mol. The molecule has 0 bridgehead atoms. The summed E-state index contributed by atoms with van der Waals surface area (Å²) in [5.41, 5.74) is 1.49. The molecule has 1 aliphatic carbocycles. The van der Waals surface area contributed by atoms with E-state index in [1.807, 2.05) is 0 Å². The highest BCUT2D eigenvalue weighted by Gasteiger charge is 2.05. The van der Waals surface area contributed by atoms with Crippen LogP contribution in [0.5, 0.6) is 0 Å². The Morgan fingerprint density at radius 1 is 1.21 bits per heavy atom. The monoisotopic (exact) mass is 190 g/mol. The lowest BCUT2D eigenvalue weighted by atomic mass is 10.0. The van der Waals surface area contributed by atoms with Crippen LogP contribution in [0.4, 0.5) is 0 Å². The Labute approximate surface area is 84.2 Å². The van der Waals surface area contributed by atoms with Crippen LogP contribution in [0.2, 0.25) is 0 Å². The predicted octanol–water partition coefficient (Wildman–Crippen LogP) is 3.40. The Hall–Kier alpha value is -1.44. The van der Waals surface area contributed by atoms with Gasteiger partial charge in [-0.2, -0.15) is 0 Å². The zero-order chi connectivity index (χ0) is 9.64. The third-order valence-electron chi connectivity index (χ3n) is 2.35. The number of ether oxygens (including phenoxy) is 2. The van der Waals surface area contributed by atoms with Crippen molar-refractivity contribution >= 4 is 0 Å². The zero-order valence-electron chi connectivity index (χ0n) is 8.11. The standard InChI is InChI=1S/C12H14O2/c1-2-4-11(5-3-1)6-7-12-10-13-8-9-14-12/h1-2,4,8-10H,3,5-7H2. The van der Waals surface area contributed by atoms with Gasteiger partial charge in [-0.1, -0.05) is 23.8 Å². The lowest BCUT2D eigenvalue weighted by Crippen LogP contribution is -1.94.